The highest BCUT2D eigenvalue weighted by atomic mass is 32.2. The molecule has 0 saturated heterocycles. The summed E-state index contributed by atoms with van der Waals surface area (Å²) in [6, 6.07) is 10.8. The Morgan fingerprint density at radius 2 is 1.65 bits per heavy atom. The zero-order valence-corrected chi connectivity index (χ0v) is 13.8. The Bertz CT molecular complexity index is 830. The fourth-order valence-corrected chi connectivity index (χ4v) is 3.03. The SMILES string of the molecule is COc1ccc(S(=O)(=O)NC(=O)c2ccccc2C)cc1OC. The summed E-state index contributed by atoms with van der Waals surface area (Å²) in [6.45, 7) is 1.73. The molecule has 0 bridgehead atoms. The second-order valence-corrected chi connectivity index (χ2v) is 6.45. The van der Waals surface area contributed by atoms with Gasteiger partial charge in [-0.25, -0.2) is 13.1 Å². The van der Waals surface area contributed by atoms with Crippen molar-refractivity contribution in [3.8, 4) is 11.5 Å². The molecule has 0 aliphatic heterocycles. The lowest BCUT2D eigenvalue weighted by Crippen LogP contribution is -2.31. The third-order valence-electron chi connectivity index (χ3n) is 3.28. The summed E-state index contributed by atoms with van der Waals surface area (Å²) >= 11 is 0. The van der Waals surface area contributed by atoms with E-state index in [1.807, 2.05) is 0 Å². The lowest BCUT2D eigenvalue weighted by molar-refractivity contribution is 0.0981. The largest absolute Gasteiger partial charge is 0.493 e. The predicted molar refractivity (Wildman–Crippen MR) is 85.4 cm³/mol. The van der Waals surface area contributed by atoms with Crippen LogP contribution in [-0.4, -0.2) is 28.5 Å². The maximum absolute atomic E-state index is 12.4. The van der Waals surface area contributed by atoms with Crippen LogP contribution in [-0.2, 0) is 10.0 Å². The number of methoxy groups -OCH3 is 2. The van der Waals surface area contributed by atoms with Crippen LogP contribution in [0.1, 0.15) is 15.9 Å². The minimum atomic E-state index is -4.02. The Balaban J connectivity index is 2.32. The topological polar surface area (TPSA) is 81.7 Å². The fraction of sp³-hybridized carbons (Fsp3) is 0.188. The number of aryl methyl sites for hydroxylation is 1. The third-order valence-corrected chi connectivity index (χ3v) is 4.61. The minimum Gasteiger partial charge on any atom is -0.493 e. The van der Waals surface area contributed by atoms with Gasteiger partial charge in [-0.3, -0.25) is 4.79 Å². The van der Waals surface area contributed by atoms with Gasteiger partial charge in [0.25, 0.3) is 15.9 Å². The van der Waals surface area contributed by atoms with Crippen molar-refractivity contribution in [1.29, 1.82) is 0 Å². The lowest BCUT2D eigenvalue weighted by Gasteiger charge is -2.11. The molecule has 122 valence electrons. The number of carbonyl (C=O) groups is 1. The normalized spacial score (nSPS) is 10.9. The average Bonchev–Trinajstić information content (AvgIpc) is 2.54. The number of nitrogens with one attached hydrogen (secondary N) is 1. The Morgan fingerprint density at radius 3 is 2.26 bits per heavy atom. The summed E-state index contributed by atoms with van der Waals surface area (Å²) in [5, 5.41) is 0. The van der Waals surface area contributed by atoms with Gasteiger partial charge in [0.1, 0.15) is 0 Å². The Kier molecular flexibility index (Phi) is 4.90. The smallest absolute Gasteiger partial charge is 0.265 e. The number of rotatable bonds is 5. The zero-order valence-electron chi connectivity index (χ0n) is 13.0. The summed E-state index contributed by atoms with van der Waals surface area (Å²) < 4.78 is 36.9. The van der Waals surface area contributed by atoms with Crippen LogP contribution in [0, 0.1) is 6.92 Å². The molecule has 23 heavy (non-hydrogen) atoms. The van der Waals surface area contributed by atoms with Gasteiger partial charge in [0.05, 0.1) is 19.1 Å². The number of amides is 1. The van der Waals surface area contributed by atoms with Gasteiger partial charge in [-0.05, 0) is 30.7 Å². The van der Waals surface area contributed by atoms with Gasteiger partial charge in [-0.15, -0.1) is 0 Å². The van der Waals surface area contributed by atoms with Crippen LogP contribution in [0.3, 0.4) is 0 Å². The van der Waals surface area contributed by atoms with Crippen LogP contribution in [0.5, 0.6) is 11.5 Å². The molecular weight excluding hydrogens is 318 g/mol. The first kappa shape index (κ1) is 16.8. The third kappa shape index (κ3) is 3.62. The van der Waals surface area contributed by atoms with Crippen LogP contribution in [0.25, 0.3) is 0 Å². The molecule has 0 aliphatic rings. The van der Waals surface area contributed by atoms with Crippen LogP contribution in [0.4, 0.5) is 0 Å². The maximum Gasteiger partial charge on any atom is 0.265 e. The van der Waals surface area contributed by atoms with Crippen LogP contribution < -0.4 is 14.2 Å². The van der Waals surface area contributed by atoms with Crippen molar-refractivity contribution in [3.05, 3.63) is 53.6 Å². The van der Waals surface area contributed by atoms with E-state index in [2.05, 4.69) is 4.72 Å². The monoisotopic (exact) mass is 335 g/mol. The van der Waals surface area contributed by atoms with Crippen molar-refractivity contribution in [1.82, 2.24) is 4.72 Å². The van der Waals surface area contributed by atoms with E-state index < -0.39 is 15.9 Å². The standard InChI is InChI=1S/C16H17NO5S/c1-11-6-4-5-7-13(11)16(18)17-23(19,20)12-8-9-14(21-2)15(10-12)22-3/h4-10H,1-3H3,(H,17,18). The molecule has 1 N–H and O–H groups in total. The van der Waals surface area contributed by atoms with Crippen molar-refractivity contribution in [2.45, 2.75) is 11.8 Å². The Morgan fingerprint density at radius 1 is 1.00 bits per heavy atom. The Labute approximate surface area is 135 Å². The minimum absolute atomic E-state index is 0.0860. The van der Waals surface area contributed by atoms with E-state index in [1.54, 1.807) is 31.2 Å². The van der Waals surface area contributed by atoms with E-state index in [9.17, 15) is 13.2 Å². The van der Waals surface area contributed by atoms with Crippen LogP contribution in [0.15, 0.2) is 47.4 Å². The van der Waals surface area contributed by atoms with Gasteiger partial charge in [-0.2, -0.15) is 0 Å². The first-order chi connectivity index (χ1) is 10.9. The Hall–Kier alpha value is -2.54. The van der Waals surface area contributed by atoms with Crippen molar-refractivity contribution in [2.24, 2.45) is 0 Å². The molecule has 1 amide bonds. The van der Waals surface area contributed by atoms with Gasteiger partial charge < -0.3 is 9.47 Å². The van der Waals surface area contributed by atoms with Crippen molar-refractivity contribution in [3.63, 3.8) is 0 Å². The molecule has 0 aliphatic carbocycles. The quantitative estimate of drug-likeness (QED) is 0.905. The van der Waals surface area contributed by atoms with E-state index in [1.165, 1.54) is 32.4 Å². The second-order valence-electron chi connectivity index (χ2n) is 4.77. The van der Waals surface area contributed by atoms with E-state index in [0.717, 1.165) is 0 Å². The van der Waals surface area contributed by atoms with E-state index >= 15 is 0 Å². The van der Waals surface area contributed by atoms with E-state index in [-0.39, 0.29) is 10.6 Å². The first-order valence-corrected chi connectivity index (χ1v) is 8.22. The van der Waals surface area contributed by atoms with Gasteiger partial charge >= 0.3 is 0 Å². The molecule has 6 nitrogen and oxygen atoms in total. The van der Waals surface area contributed by atoms with Gasteiger partial charge in [0.2, 0.25) is 0 Å². The predicted octanol–water partition coefficient (Wildman–Crippen LogP) is 2.13. The highest BCUT2D eigenvalue weighted by molar-refractivity contribution is 7.90. The fourth-order valence-electron chi connectivity index (χ4n) is 2.05. The van der Waals surface area contributed by atoms with Crippen molar-refractivity contribution in [2.75, 3.05) is 14.2 Å². The lowest BCUT2D eigenvalue weighted by atomic mass is 10.1. The maximum atomic E-state index is 12.4. The number of sulfonamides is 1. The molecule has 0 heterocycles. The second kappa shape index (κ2) is 6.70. The molecular formula is C16H17NO5S. The number of carbonyl (C=O) groups excluding carboxylic acids is 1. The molecule has 2 aromatic carbocycles. The molecule has 0 unspecified atom stereocenters. The van der Waals surface area contributed by atoms with Gasteiger partial charge in [0.15, 0.2) is 11.5 Å². The summed E-state index contributed by atoms with van der Waals surface area (Å²) in [7, 11) is -1.16. The van der Waals surface area contributed by atoms with Gasteiger partial charge in [0, 0.05) is 11.6 Å². The average molecular weight is 335 g/mol. The highest BCUT2D eigenvalue weighted by Crippen LogP contribution is 2.29. The summed E-state index contributed by atoms with van der Waals surface area (Å²) in [6.07, 6.45) is 0. The number of benzene rings is 2. The van der Waals surface area contributed by atoms with Gasteiger partial charge in [-0.1, -0.05) is 18.2 Å². The van der Waals surface area contributed by atoms with E-state index in [0.29, 0.717) is 16.9 Å². The highest BCUT2D eigenvalue weighted by Gasteiger charge is 2.21. The molecule has 0 spiro atoms. The molecule has 0 radical (unpaired) electrons. The molecule has 0 aromatic heterocycles. The van der Waals surface area contributed by atoms with Crippen LogP contribution in [0.2, 0.25) is 0 Å². The van der Waals surface area contributed by atoms with Crippen molar-refractivity contribution < 1.29 is 22.7 Å². The molecule has 2 aromatic rings. The van der Waals surface area contributed by atoms with Crippen LogP contribution >= 0.6 is 0 Å². The molecule has 0 saturated carbocycles. The molecule has 0 fully saturated rings. The summed E-state index contributed by atoms with van der Waals surface area (Å²) in [5.41, 5.74) is 0.990. The molecule has 2 rings (SSSR count). The number of hydrogen-bond donors (Lipinski definition) is 1. The number of ether oxygens (including phenoxy) is 2. The first-order valence-electron chi connectivity index (χ1n) is 6.74. The molecule has 7 heteroatoms. The van der Waals surface area contributed by atoms with E-state index in [4.69, 9.17) is 9.47 Å². The zero-order chi connectivity index (χ0) is 17.0. The van der Waals surface area contributed by atoms with Crippen molar-refractivity contribution >= 4 is 15.9 Å². The summed E-state index contributed by atoms with van der Waals surface area (Å²) in [4.78, 5) is 12.1. The molecule has 0 atom stereocenters. The number of hydrogen-bond acceptors (Lipinski definition) is 5. The summed E-state index contributed by atoms with van der Waals surface area (Å²) in [5.74, 6) is -0.0201.